The van der Waals surface area contributed by atoms with Gasteiger partial charge in [-0.1, -0.05) is 61.2 Å². The highest BCUT2D eigenvalue weighted by atomic mass is 16.5. The van der Waals surface area contributed by atoms with E-state index in [1.807, 2.05) is 13.8 Å². The lowest BCUT2D eigenvalue weighted by Gasteiger charge is -2.23. The maximum Gasteiger partial charge on any atom is 0.225 e. The van der Waals surface area contributed by atoms with Crippen LogP contribution in [0.2, 0.25) is 0 Å². The molecule has 4 heteroatoms. The molecule has 1 aliphatic carbocycles. The van der Waals surface area contributed by atoms with Crippen LogP contribution in [0.5, 0.6) is 5.88 Å². The van der Waals surface area contributed by atoms with Crippen LogP contribution in [0.15, 0.2) is 36.4 Å². The minimum absolute atomic E-state index is 0.630. The zero-order chi connectivity index (χ0) is 25.4. The number of hydrogen-bond acceptors (Lipinski definition) is 4. The van der Waals surface area contributed by atoms with E-state index in [2.05, 4.69) is 86.3 Å². The van der Waals surface area contributed by atoms with Gasteiger partial charge in [0.05, 0.1) is 11.3 Å². The van der Waals surface area contributed by atoms with Crippen LogP contribution in [-0.4, -0.2) is 29.2 Å². The Morgan fingerprint density at radius 3 is 2.14 bits per heavy atom. The highest BCUT2D eigenvalue weighted by Crippen LogP contribution is 2.33. The SMILES string of the molecule is Cc1cc(C)c(C)c(C)c1.Cc1nc(C)c(-c2ccccc2C)c(OCCNC2CCCCC2)n1. The maximum absolute atomic E-state index is 6.09. The number of hydrogen-bond donors (Lipinski definition) is 1. The third-order valence-corrected chi connectivity index (χ3v) is 7.03. The van der Waals surface area contributed by atoms with Crippen molar-refractivity contribution >= 4 is 0 Å². The molecule has 4 rings (SSSR count). The van der Waals surface area contributed by atoms with Crippen LogP contribution in [0.1, 0.15) is 71.4 Å². The Bertz CT molecular complexity index is 1090. The molecular formula is C31H43N3O. The van der Waals surface area contributed by atoms with Crippen LogP contribution in [0.3, 0.4) is 0 Å². The number of aromatic nitrogens is 2. The molecule has 3 aromatic rings. The van der Waals surface area contributed by atoms with Crippen molar-refractivity contribution in [1.29, 1.82) is 0 Å². The van der Waals surface area contributed by atoms with Crippen molar-refractivity contribution in [2.45, 2.75) is 86.6 Å². The largest absolute Gasteiger partial charge is 0.476 e. The predicted molar refractivity (Wildman–Crippen MR) is 147 cm³/mol. The maximum atomic E-state index is 6.09. The molecule has 0 saturated heterocycles. The minimum Gasteiger partial charge on any atom is -0.476 e. The van der Waals surface area contributed by atoms with Gasteiger partial charge in [0.25, 0.3) is 0 Å². The molecule has 0 aliphatic heterocycles. The van der Waals surface area contributed by atoms with Gasteiger partial charge in [-0.05, 0) is 89.1 Å². The summed E-state index contributed by atoms with van der Waals surface area (Å²) in [6.45, 7) is 16.2. The average molecular weight is 474 g/mol. The molecule has 0 spiro atoms. The molecule has 0 unspecified atom stereocenters. The fourth-order valence-corrected chi connectivity index (χ4v) is 4.92. The summed E-state index contributed by atoms with van der Waals surface area (Å²) in [6, 6.07) is 13.4. The normalized spacial score (nSPS) is 13.8. The van der Waals surface area contributed by atoms with E-state index in [4.69, 9.17) is 4.74 Å². The molecule has 1 heterocycles. The molecule has 4 nitrogen and oxygen atoms in total. The van der Waals surface area contributed by atoms with Crippen molar-refractivity contribution in [3.05, 3.63) is 75.7 Å². The molecule has 1 aromatic heterocycles. The van der Waals surface area contributed by atoms with Crippen molar-refractivity contribution < 1.29 is 4.74 Å². The highest BCUT2D eigenvalue weighted by molar-refractivity contribution is 5.73. The quantitative estimate of drug-likeness (QED) is 0.382. The minimum atomic E-state index is 0.630. The molecule has 1 N–H and O–H groups in total. The van der Waals surface area contributed by atoms with Gasteiger partial charge in [0.1, 0.15) is 12.4 Å². The van der Waals surface area contributed by atoms with E-state index in [1.165, 1.54) is 59.9 Å². The molecule has 0 amide bonds. The van der Waals surface area contributed by atoms with Gasteiger partial charge in [0, 0.05) is 12.6 Å². The molecule has 0 atom stereocenters. The Morgan fingerprint density at radius 1 is 0.829 bits per heavy atom. The van der Waals surface area contributed by atoms with Gasteiger partial charge in [-0.25, -0.2) is 4.98 Å². The number of aryl methyl sites for hydroxylation is 6. The van der Waals surface area contributed by atoms with Crippen molar-refractivity contribution in [3.63, 3.8) is 0 Å². The van der Waals surface area contributed by atoms with Gasteiger partial charge in [0.2, 0.25) is 5.88 Å². The van der Waals surface area contributed by atoms with Crippen LogP contribution >= 0.6 is 0 Å². The number of nitrogens with zero attached hydrogens (tertiary/aromatic N) is 2. The molecule has 188 valence electrons. The Morgan fingerprint density at radius 2 is 1.49 bits per heavy atom. The fourth-order valence-electron chi connectivity index (χ4n) is 4.92. The molecular weight excluding hydrogens is 430 g/mol. The second kappa shape index (κ2) is 12.8. The number of rotatable bonds is 6. The first-order chi connectivity index (χ1) is 16.8. The number of benzene rings is 2. The lowest BCUT2D eigenvalue weighted by molar-refractivity contribution is 0.281. The first kappa shape index (κ1) is 26.9. The second-order valence-electron chi connectivity index (χ2n) is 10.0. The van der Waals surface area contributed by atoms with Crippen LogP contribution in [0, 0.1) is 48.5 Å². The van der Waals surface area contributed by atoms with E-state index < -0.39 is 0 Å². The molecule has 1 aliphatic rings. The van der Waals surface area contributed by atoms with Gasteiger partial charge in [-0.3, -0.25) is 0 Å². The summed E-state index contributed by atoms with van der Waals surface area (Å²) >= 11 is 0. The predicted octanol–water partition coefficient (Wildman–Crippen LogP) is 7.29. The lowest BCUT2D eigenvalue weighted by atomic mass is 9.96. The molecule has 2 aromatic carbocycles. The molecule has 1 saturated carbocycles. The first-order valence-corrected chi connectivity index (χ1v) is 13.1. The summed E-state index contributed by atoms with van der Waals surface area (Å²) in [5, 5.41) is 3.62. The van der Waals surface area contributed by atoms with E-state index in [-0.39, 0.29) is 0 Å². The van der Waals surface area contributed by atoms with Crippen LogP contribution in [0.25, 0.3) is 11.1 Å². The van der Waals surface area contributed by atoms with Crippen molar-refractivity contribution in [1.82, 2.24) is 15.3 Å². The second-order valence-corrected chi connectivity index (χ2v) is 10.0. The average Bonchev–Trinajstić information content (AvgIpc) is 2.82. The third kappa shape index (κ3) is 7.63. The Balaban J connectivity index is 0.000000287. The standard InChI is InChI=1S/C21H29N3O.C10H14/c1-15-9-7-8-12-19(15)20-16(2)23-17(3)24-21(20)25-14-13-22-18-10-5-4-6-11-18;1-7-5-8(2)10(4)9(3)6-7/h7-9,12,18,22H,4-6,10-11,13-14H2,1-3H3;5-6H,1-4H3. The molecule has 0 radical (unpaired) electrons. The first-order valence-electron chi connectivity index (χ1n) is 13.1. The zero-order valence-electron chi connectivity index (χ0n) is 22.8. The number of ether oxygens (including phenoxy) is 1. The highest BCUT2D eigenvalue weighted by Gasteiger charge is 2.16. The van der Waals surface area contributed by atoms with E-state index in [0.717, 1.165) is 29.2 Å². The van der Waals surface area contributed by atoms with Gasteiger partial charge in [-0.15, -0.1) is 0 Å². The van der Waals surface area contributed by atoms with E-state index in [0.29, 0.717) is 18.5 Å². The Kier molecular flexibility index (Phi) is 9.85. The van der Waals surface area contributed by atoms with Crippen molar-refractivity contribution in [2.75, 3.05) is 13.2 Å². The van der Waals surface area contributed by atoms with Gasteiger partial charge < -0.3 is 10.1 Å². The van der Waals surface area contributed by atoms with Gasteiger partial charge >= 0.3 is 0 Å². The van der Waals surface area contributed by atoms with E-state index in [9.17, 15) is 0 Å². The van der Waals surface area contributed by atoms with E-state index in [1.54, 1.807) is 0 Å². The third-order valence-electron chi connectivity index (χ3n) is 7.03. The summed E-state index contributed by atoms with van der Waals surface area (Å²) in [5.41, 5.74) is 9.93. The summed E-state index contributed by atoms with van der Waals surface area (Å²) in [4.78, 5) is 9.12. The Labute approximate surface area is 212 Å². The van der Waals surface area contributed by atoms with E-state index >= 15 is 0 Å². The molecule has 1 fully saturated rings. The summed E-state index contributed by atoms with van der Waals surface area (Å²) in [7, 11) is 0. The monoisotopic (exact) mass is 473 g/mol. The van der Waals surface area contributed by atoms with Crippen LogP contribution in [0.4, 0.5) is 0 Å². The van der Waals surface area contributed by atoms with Crippen molar-refractivity contribution in [2.24, 2.45) is 0 Å². The summed E-state index contributed by atoms with van der Waals surface area (Å²) < 4.78 is 6.09. The smallest absolute Gasteiger partial charge is 0.225 e. The molecule has 35 heavy (non-hydrogen) atoms. The Hall–Kier alpha value is -2.72. The fraction of sp³-hybridized carbons (Fsp3) is 0.484. The molecule has 0 bridgehead atoms. The van der Waals surface area contributed by atoms with Crippen molar-refractivity contribution in [3.8, 4) is 17.0 Å². The van der Waals surface area contributed by atoms with Crippen LogP contribution in [-0.2, 0) is 0 Å². The summed E-state index contributed by atoms with van der Waals surface area (Å²) in [6.07, 6.45) is 6.66. The zero-order valence-corrected chi connectivity index (χ0v) is 22.8. The summed E-state index contributed by atoms with van der Waals surface area (Å²) in [5.74, 6) is 1.45. The lowest BCUT2D eigenvalue weighted by Crippen LogP contribution is -2.34. The topological polar surface area (TPSA) is 47.0 Å². The number of nitrogens with one attached hydrogen (secondary N) is 1. The van der Waals surface area contributed by atoms with Gasteiger partial charge in [0.15, 0.2) is 0 Å². The van der Waals surface area contributed by atoms with Gasteiger partial charge in [-0.2, -0.15) is 4.98 Å². The van der Waals surface area contributed by atoms with Crippen LogP contribution < -0.4 is 10.1 Å².